The van der Waals surface area contributed by atoms with Crippen LogP contribution in [0.25, 0.3) is 5.82 Å². The van der Waals surface area contributed by atoms with Crippen molar-refractivity contribution in [2.75, 3.05) is 0 Å². The van der Waals surface area contributed by atoms with E-state index in [4.69, 9.17) is 5.73 Å². The summed E-state index contributed by atoms with van der Waals surface area (Å²) in [4.78, 5) is 8.02. The molecule has 0 aliphatic rings. The highest BCUT2D eigenvalue weighted by Gasteiger charge is 2.20. The number of nitrogens with zero attached hydrogens (tertiary/aromatic N) is 3. The van der Waals surface area contributed by atoms with Crippen LogP contribution in [0, 0.1) is 5.82 Å². The molecule has 0 saturated carbocycles. The molecule has 0 aliphatic carbocycles. The summed E-state index contributed by atoms with van der Waals surface area (Å²) in [7, 11) is 0. The van der Waals surface area contributed by atoms with E-state index in [1.807, 2.05) is 13.8 Å². The van der Waals surface area contributed by atoms with E-state index in [-0.39, 0.29) is 5.82 Å². The lowest BCUT2D eigenvalue weighted by molar-refractivity contribution is 0.522. The summed E-state index contributed by atoms with van der Waals surface area (Å²) in [5.41, 5.74) is 6.31. The summed E-state index contributed by atoms with van der Waals surface area (Å²) in [6.45, 7) is 3.76. The molecule has 5 heteroatoms. The molecule has 2 rings (SSSR count). The van der Waals surface area contributed by atoms with Gasteiger partial charge in [-0.1, -0.05) is 0 Å². The highest BCUT2D eigenvalue weighted by Crippen LogP contribution is 2.19. The van der Waals surface area contributed by atoms with Crippen LogP contribution in [0.15, 0.2) is 30.9 Å². The Kier molecular flexibility index (Phi) is 2.47. The van der Waals surface area contributed by atoms with Gasteiger partial charge in [-0.2, -0.15) is 0 Å². The molecule has 0 aromatic carbocycles. The van der Waals surface area contributed by atoms with Crippen molar-refractivity contribution in [3.05, 3.63) is 42.4 Å². The Labute approximate surface area is 92.9 Å². The molecule has 0 bridgehead atoms. The highest BCUT2D eigenvalue weighted by atomic mass is 19.1. The van der Waals surface area contributed by atoms with Crippen molar-refractivity contribution in [1.82, 2.24) is 14.5 Å². The Balaban J connectivity index is 2.49. The van der Waals surface area contributed by atoms with Gasteiger partial charge in [-0.15, -0.1) is 0 Å². The molecule has 0 aliphatic heterocycles. The third-order valence-corrected chi connectivity index (χ3v) is 2.26. The van der Waals surface area contributed by atoms with Crippen molar-refractivity contribution in [3.63, 3.8) is 0 Å². The maximum atomic E-state index is 12.8. The fraction of sp³-hybridized carbons (Fsp3) is 0.273. The normalized spacial score (nSPS) is 11.8. The summed E-state index contributed by atoms with van der Waals surface area (Å²) in [5, 5.41) is 0. The zero-order valence-corrected chi connectivity index (χ0v) is 9.18. The highest BCUT2D eigenvalue weighted by molar-refractivity contribution is 5.27. The first kappa shape index (κ1) is 10.8. The van der Waals surface area contributed by atoms with Crippen LogP contribution in [0.4, 0.5) is 4.39 Å². The summed E-state index contributed by atoms with van der Waals surface area (Å²) in [6, 6.07) is 2.95. The lowest BCUT2D eigenvalue weighted by atomic mass is 10.0. The van der Waals surface area contributed by atoms with Gasteiger partial charge in [0.2, 0.25) is 0 Å². The fourth-order valence-corrected chi connectivity index (χ4v) is 1.46. The average molecular weight is 220 g/mol. The molecule has 2 N–H and O–H groups in total. The van der Waals surface area contributed by atoms with Crippen LogP contribution in [0.1, 0.15) is 19.5 Å². The van der Waals surface area contributed by atoms with Gasteiger partial charge in [0.05, 0.1) is 23.6 Å². The maximum Gasteiger partial charge on any atom is 0.141 e. The van der Waals surface area contributed by atoms with Gasteiger partial charge in [-0.05, 0) is 26.0 Å². The second kappa shape index (κ2) is 3.68. The fourth-order valence-electron chi connectivity index (χ4n) is 1.46. The molecular formula is C11H13FN4. The largest absolute Gasteiger partial charge is 0.321 e. The Bertz CT molecular complexity index is 481. The Morgan fingerprint density at radius 2 is 2.06 bits per heavy atom. The van der Waals surface area contributed by atoms with Gasteiger partial charge in [0.1, 0.15) is 18.0 Å². The molecule has 0 atom stereocenters. The van der Waals surface area contributed by atoms with Crippen molar-refractivity contribution >= 4 is 0 Å². The quantitative estimate of drug-likeness (QED) is 0.836. The Morgan fingerprint density at radius 1 is 1.31 bits per heavy atom. The van der Waals surface area contributed by atoms with E-state index in [2.05, 4.69) is 9.97 Å². The second-order valence-electron chi connectivity index (χ2n) is 4.21. The first-order chi connectivity index (χ1) is 7.48. The molecule has 0 spiro atoms. The predicted octanol–water partition coefficient (Wildman–Crippen LogP) is 1.60. The van der Waals surface area contributed by atoms with Gasteiger partial charge in [-0.3, -0.25) is 4.57 Å². The molecule has 0 saturated heterocycles. The van der Waals surface area contributed by atoms with Crippen molar-refractivity contribution < 1.29 is 4.39 Å². The first-order valence-corrected chi connectivity index (χ1v) is 4.92. The number of imidazole rings is 1. The van der Waals surface area contributed by atoms with Gasteiger partial charge >= 0.3 is 0 Å². The van der Waals surface area contributed by atoms with Crippen LogP contribution in [0.5, 0.6) is 0 Å². The number of rotatable bonds is 2. The standard InChI is InChI=1S/C11H13FN4/c1-11(2,13)9-6-14-7-16(9)10-4-3-8(12)5-15-10/h3-7H,13H2,1-2H3. The van der Waals surface area contributed by atoms with E-state index in [0.29, 0.717) is 5.82 Å². The Hall–Kier alpha value is -1.75. The van der Waals surface area contributed by atoms with Crippen LogP contribution < -0.4 is 5.73 Å². The minimum absolute atomic E-state index is 0.363. The molecule has 2 heterocycles. The maximum absolute atomic E-state index is 12.8. The monoisotopic (exact) mass is 220 g/mol. The van der Waals surface area contributed by atoms with Crippen molar-refractivity contribution in [2.24, 2.45) is 5.73 Å². The van der Waals surface area contributed by atoms with E-state index in [1.54, 1.807) is 23.2 Å². The third-order valence-electron chi connectivity index (χ3n) is 2.26. The van der Waals surface area contributed by atoms with Crippen LogP contribution in [0.2, 0.25) is 0 Å². The topological polar surface area (TPSA) is 56.7 Å². The summed E-state index contributed by atoms with van der Waals surface area (Å²) in [6.07, 6.45) is 4.47. The summed E-state index contributed by atoms with van der Waals surface area (Å²) in [5.74, 6) is 0.241. The minimum atomic E-state index is -0.521. The van der Waals surface area contributed by atoms with Gasteiger partial charge < -0.3 is 5.73 Å². The molecule has 0 unspecified atom stereocenters. The molecule has 2 aromatic rings. The average Bonchev–Trinajstić information content (AvgIpc) is 2.66. The van der Waals surface area contributed by atoms with E-state index >= 15 is 0 Å². The lowest BCUT2D eigenvalue weighted by Gasteiger charge is -2.20. The number of hydrogen-bond acceptors (Lipinski definition) is 3. The number of hydrogen-bond donors (Lipinski definition) is 1. The zero-order chi connectivity index (χ0) is 11.8. The number of pyridine rings is 1. The predicted molar refractivity (Wildman–Crippen MR) is 58.5 cm³/mol. The molecule has 16 heavy (non-hydrogen) atoms. The van der Waals surface area contributed by atoms with Crippen LogP contribution >= 0.6 is 0 Å². The van der Waals surface area contributed by atoms with E-state index in [1.165, 1.54) is 12.3 Å². The summed E-state index contributed by atoms with van der Waals surface area (Å²) < 4.78 is 14.5. The number of nitrogens with two attached hydrogens (primary N) is 1. The van der Waals surface area contributed by atoms with Gasteiger partial charge in [0.15, 0.2) is 0 Å². The molecule has 0 amide bonds. The van der Waals surface area contributed by atoms with Crippen molar-refractivity contribution in [3.8, 4) is 5.82 Å². The minimum Gasteiger partial charge on any atom is -0.321 e. The molecular weight excluding hydrogens is 207 g/mol. The molecule has 2 aromatic heterocycles. The lowest BCUT2D eigenvalue weighted by Crippen LogP contribution is -2.31. The van der Waals surface area contributed by atoms with Gasteiger partial charge in [-0.25, -0.2) is 14.4 Å². The van der Waals surface area contributed by atoms with Crippen LogP contribution in [-0.2, 0) is 5.54 Å². The van der Waals surface area contributed by atoms with Crippen LogP contribution in [-0.4, -0.2) is 14.5 Å². The summed E-state index contributed by atoms with van der Waals surface area (Å²) >= 11 is 0. The van der Waals surface area contributed by atoms with E-state index in [0.717, 1.165) is 5.69 Å². The van der Waals surface area contributed by atoms with Crippen LogP contribution in [0.3, 0.4) is 0 Å². The molecule has 4 nitrogen and oxygen atoms in total. The molecule has 0 fully saturated rings. The van der Waals surface area contributed by atoms with E-state index < -0.39 is 5.54 Å². The molecule has 84 valence electrons. The number of halogens is 1. The molecule has 0 radical (unpaired) electrons. The second-order valence-corrected chi connectivity index (χ2v) is 4.21. The van der Waals surface area contributed by atoms with E-state index in [9.17, 15) is 4.39 Å². The first-order valence-electron chi connectivity index (χ1n) is 4.92. The van der Waals surface area contributed by atoms with Gasteiger partial charge in [0, 0.05) is 0 Å². The van der Waals surface area contributed by atoms with Crippen molar-refractivity contribution in [1.29, 1.82) is 0 Å². The zero-order valence-electron chi connectivity index (χ0n) is 9.18. The smallest absolute Gasteiger partial charge is 0.141 e. The van der Waals surface area contributed by atoms with Gasteiger partial charge in [0.25, 0.3) is 0 Å². The third kappa shape index (κ3) is 1.94. The Morgan fingerprint density at radius 3 is 2.62 bits per heavy atom. The number of aromatic nitrogens is 3. The van der Waals surface area contributed by atoms with Crippen molar-refractivity contribution in [2.45, 2.75) is 19.4 Å². The SMILES string of the molecule is CC(C)(N)c1cncn1-c1ccc(F)cn1.